The highest BCUT2D eigenvalue weighted by atomic mass is 19.1. The Balaban J connectivity index is 1.49. The van der Waals surface area contributed by atoms with Crippen LogP contribution >= 0.6 is 0 Å². The molecule has 4 nitrogen and oxygen atoms in total. The minimum absolute atomic E-state index is 0.0163. The smallest absolute Gasteiger partial charge is 0.275 e. The zero-order chi connectivity index (χ0) is 19.2. The van der Waals surface area contributed by atoms with Gasteiger partial charge in [-0.1, -0.05) is 44.2 Å². The van der Waals surface area contributed by atoms with Gasteiger partial charge in [0.05, 0.1) is 0 Å². The molecule has 1 amide bonds. The third-order valence-electron chi connectivity index (χ3n) is 4.92. The maximum atomic E-state index is 13.1. The number of H-pyrrole nitrogens is 1. The van der Waals surface area contributed by atoms with Gasteiger partial charge in [0.1, 0.15) is 11.9 Å². The lowest BCUT2D eigenvalue weighted by Crippen LogP contribution is -2.88. The van der Waals surface area contributed by atoms with Gasteiger partial charge in [0, 0.05) is 35.1 Å². The molecule has 0 bridgehead atoms. The predicted molar refractivity (Wildman–Crippen MR) is 106 cm³/mol. The highest BCUT2D eigenvalue weighted by Crippen LogP contribution is 2.18. The molecule has 1 aromatic heterocycles. The topological polar surface area (TPSA) is 61.5 Å². The Morgan fingerprint density at radius 1 is 1.15 bits per heavy atom. The molecule has 1 atom stereocenters. The van der Waals surface area contributed by atoms with Crippen LogP contribution in [0.1, 0.15) is 31.0 Å². The molecular formula is C22H27FN3O+. The molecule has 0 saturated heterocycles. The zero-order valence-corrected chi connectivity index (χ0v) is 15.8. The van der Waals surface area contributed by atoms with Gasteiger partial charge in [-0.2, -0.15) is 0 Å². The van der Waals surface area contributed by atoms with E-state index >= 15 is 0 Å². The normalized spacial score (nSPS) is 12.4. The lowest BCUT2D eigenvalue weighted by molar-refractivity contribution is -0.692. The molecule has 0 unspecified atom stereocenters. The number of carbonyl (C=O) groups is 1. The number of quaternary nitrogens is 1. The van der Waals surface area contributed by atoms with Crippen LogP contribution in [0.4, 0.5) is 4.39 Å². The van der Waals surface area contributed by atoms with Gasteiger partial charge in [-0.25, -0.2) is 4.39 Å². The number of aromatic amines is 1. The number of para-hydroxylation sites is 1. The lowest BCUT2D eigenvalue weighted by Gasteiger charge is -2.19. The number of nitrogens with one attached hydrogen (secondary N) is 2. The summed E-state index contributed by atoms with van der Waals surface area (Å²) in [7, 11) is 0. The van der Waals surface area contributed by atoms with Crippen molar-refractivity contribution in [2.24, 2.45) is 5.92 Å². The summed E-state index contributed by atoms with van der Waals surface area (Å²) in [5.74, 6) is 0.119. The first-order valence-electron chi connectivity index (χ1n) is 9.45. The summed E-state index contributed by atoms with van der Waals surface area (Å²) in [6.45, 7) is 5.18. The van der Waals surface area contributed by atoms with E-state index < -0.39 is 0 Å². The van der Waals surface area contributed by atoms with Crippen molar-refractivity contribution in [2.75, 3.05) is 13.1 Å². The molecule has 3 aromatic rings. The molecule has 3 rings (SSSR count). The Kier molecular flexibility index (Phi) is 6.24. The van der Waals surface area contributed by atoms with Crippen LogP contribution in [0.5, 0.6) is 0 Å². The first-order valence-corrected chi connectivity index (χ1v) is 9.45. The van der Waals surface area contributed by atoms with Crippen LogP contribution in [0.3, 0.4) is 0 Å². The van der Waals surface area contributed by atoms with Crippen LogP contribution in [-0.2, 0) is 11.2 Å². The van der Waals surface area contributed by atoms with Gasteiger partial charge in [-0.05, 0) is 30.2 Å². The monoisotopic (exact) mass is 368 g/mol. The van der Waals surface area contributed by atoms with Gasteiger partial charge in [0.2, 0.25) is 0 Å². The number of nitrogens with two attached hydrogens (primary N) is 1. The van der Waals surface area contributed by atoms with Gasteiger partial charge in [0.15, 0.2) is 6.54 Å². The van der Waals surface area contributed by atoms with E-state index in [4.69, 9.17) is 0 Å². The Morgan fingerprint density at radius 3 is 2.63 bits per heavy atom. The molecular weight excluding hydrogens is 341 g/mol. The molecule has 27 heavy (non-hydrogen) atoms. The molecule has 0 aliphatic carbocycles. The molecule has 0 aliphatic rings. The fourth-order valence-electron chi connectivity index (χ4n) is 3.46. The molecule has 4 N–H and O–H groups in total. The number of amides is 1. The summed E-state index contributed by atoms with van der Waals surface area (Å²) in [6, 6.07) is 14.8. The Bertz CT molecular complexity index is 886. The Hall–Kier alpha value is -2.66. The van der Waals surface area contributed by atoms with Crippen molar-refractivity contribution in [3.05, 3.63) is 71.7 Å². The maximum Gasteiger partial charge on any atom is 0.275 e. The zero-order valence-electron chi connectivity index (χ0n) is 15.8. The van der Waals surface area contributed by atoms with E-state index in [1.54, 1.807) is 12.1 Å². The number of hydrogen-bond acceptors (Lipinski definition) is 1. The molecule has 0 saturated carbocycles. The van der Waals surface area contributed by atoms with E-state index in [0.717, 1.165) is 17.5 Å². The maximum absolute atomic E-state index is 13.1. The van der Waals surface area contributed by atoms with E-state index in [1.807, 2.05) is 29.7 Å². The van der Waals surface area contributed by atoms with Gasteiger partial charge in [-0.15, -0.1) is 0 Å². The predicted octanol–water partition coefficient (Wildman–Crippen LogP) is 2.93. The summed E-state index contributed by atoms with van der Waals surface area (Å²) in [5, 5.41) is 6.23. The van der Waals surface area contributed by atoms with Crippen molar-refractivity contribution in [3.63, 3.8) is 0 Å². The van der Waals surface area contributed by atoms with E-state index in [0.29, 0.717) is 19.0 Å². The molecule has 142 valence electrons. The molecule has 2 aromatic carbocycles. The van der Waals surface area contributed by atoms with Crippen molar-refractivity contribution in [1.29, 1.82) is 0 Å². The molecule has 0 fully saturated rings. The number of rotatable bonds is 8. The average Bonchev–Trinajstić information content (AvgIpc) is 3.06. The van der Waals surface area contributed by atoms with Crippen molar-refractivity contribution in [2.45, 2.75) is 26.3 Å². The van der Waals surface area contributed by atoms with Crippen LogP contribution in [0.25, 0.3) is 10.9 Å². The second-order valence-corrected chi connectivity index (χ2v) is 7.22. The summed E-state index contributed by atoms with van der Waals surface area (Å²) in [6.07, 6.45) is 2.80. The number of benzene rings is 2. The van der Waals surface area contributed by atoms with Crippen LogP contribution in [0.2, 0.25) is 0 Å². The van der Waals surface area contributed by atoms with Gasteiger partial charge < -0.3 is 15.6 Å². The minimum atomic E-state index is -0.240. The Labute approximate surface area is 159 Å². The number of hydrogen-bond donors (Lipinski definition) is 3. The largest absolute Gasteiger partial charge is 0.361 e. The van der Waals surface area contributed by atoms with E-state index in [-0.39, 0.29) is 17.8 Å². The SMILES string of the molecule is CC(C)[C@@H]([NH2+]CC(=O)NCCc1c[nH]c2ccccc12)c1ccc(F)cc1. The van der Waals surface area contributed by atoms with E-state index in [2.05, 4.69) is 30.2 Å². The number of carbonyl (C=O) groups excluding carboxylic acids is 1. The van der Waals surface area contributed by atoms with Crippen LogP contribution in [0.15, 0.2) is 54.7 Å². The van der Waals surface area contributed by atoms with Crippen molar-refractivity contribution in [1.82, 2.24) is 10.3 Å². The summed E-state index contributed by atoms with van der Waals surface area (Å²) < 4.78 is 13.1. The Morgan fingerprint density at radius 2 is 1.89 bits per heavy atom. The van der Waals surface area contributed by atoms with Crippen molar-refractivity contribution >= 4 is 16.8 Å². The summed E-state index contributed by atoms with van der Waals surface area (Å²) in [4.78, 5) is 15.5. The number of halogens is 1. The first-order chi connectivity index (χ1) is 13.0. The third-order valence-corrected chi connectivity index (χ3v) is 4.92. The summed E-state index contributed by atoms with van der Waals surface area (Å²) in [5.41, 5.74) is 3.37. The van der Waals surface area contributed by atoms with Crippen LogP contribution in [-0.4, -0.2) is 24.0 Å². The number of fused-ring (bicyclic) bond motifs is 1. The number of aromatic nitrogens is 1. The van der Waals surface area contributed by atoms with Gasteiger partial charge in [0.25, 0.3) is 5.91 Å². The van der Waals surface area contributed by atoms with Crippen molar-refractivity contribution < 1.29 is 14.5 Å². The third kappa shape index (κ3) is 4.95. The fourth-order valence-corrected chi connectivity index (χ4v) is 3.46. The second-order valence-electron chi connectivity index (χ2n) is 7.22. The molecule has 0 radical (unpaired) electrons. The average molecular weight is 368 g/mol. The highest BCUT2D eigenvalue weighted by molar-refractivity contribution is 5.83. The fraction of sp³-hybridized carbons (Fsp3) is 0.318. The van der Waals surface area contributed by atoms with E-state index in [1.165, 1.54) is 23.1 Å². The van der Waals surface area contributed by atoms with Crippen molar-refractivity contribution in [3.8, 4) is 0 Å². The van der Waals surface area contributed by atoms with E-state index in [9.17, 15) is 9.18 Å². The quantitative estimate of drug-likeness (QED) is 0.562. The van der Waals surface area contributed by atoms with Crippen LogP contribution < -0.4 is 10.6 Å². The first kappa shape index (κ1) is 19.1. The molecule has 1 heterocycles. The standard InChI is InChI=1S/C22H26FN3O/c1-15(2)22(16-7-9-18(23)10-8-16)26-14-21(27)24-12-11-17-13-25-20-6-4-3-5-19(17)20/h3-10,13,15,22,25-26H,11-12,14H2,1-2H3,(H,24,27)/p+1/t22-/m1/s1. The molecule has 0 aliphatic heterocycles. The van der Waals surface area contributed by atoms with Gasteiger partial charge in [-0.3, -0.25) is 4.79 Å². The highest BCUT2D eigenvalue weighted by Gasteiger charge is 2.20. The summed E-state index contributed by atoms with van der Waals surface area (Å²) >= 11 is 0. The van der Waals surface area contributed by atoms with Gasteiger partial charge >= 0.3 is 0 Å². The minimum Gasteiger partial charge on any atom is -0.361 e. The molecule has 0 spiro atoms. The second kappa shape index (κ2) is 8.82. The molecule has 5 heteroatoms. The lowest BCUT2D eigenvalue weighted by atomic mass is 9.96. The van der Waals surface area contributed by atoms with Crippen LogP contribution in [0, 0.1) is 11.7 Å².